The van der Waals surface area contributed by atoms with Crippen LogP contribution >= 0.6 is 15.9 Å². The van der Waals surface area contributed by atoms with Gasteiger partial charge in [0.15, 0.2) is 11.6 Å². The molecule has 0 heterocycles. The van der Waals surface area contributed by atoms with Gasteiger partial charge in [-0.25, -0.2) is 17.2 Å². The van der Waals surface area contributed by atoms with Crippen molar-refractivity contribution in [3.63, 3.8) is 0 Å². The van der Waals surface area contributed by atoms with Crippen molar-refractivity contribution in [2.24, 2.45) is 0 Å². The molecule has 0 spiro atoms. The van der Waals surface area contributed by atoms with E-state index in [9.17, 15) is 17.2 Å². The molecule has 1 N–H and O–H groups in total. The lowest BCUT2D eigenvalue weighted by Crippen LogP contribution is -2.14. The highest BCUT2D eigenvalue weighted by atomic mass is 79.9. The van der Waals surface area contributed by atoms with Gasteiger partial charge < -0.3 is 4.74 Å². The molecule has 8 heteroatoms. The highest BCUT2D eigenvalue weighted by Gasteiger charge is 2.11. The van der Waals surface area contributed by atoms with Crippen LogP contribution in [0.15, 0.2) is 40.9 Å². The third-order valence-electron chi connectivity index (χ3n) is 2.70. The van der Waals surface area contributed by atoms with Crippen LogP contribution in [0.3, 0.4) is 0 Å². The van der Waals surface area contributed by atoms with E-state index in [-0.39, 0.29) is 17.3 Å². The maximum atomic E-state index is 13.5. The molecule has 0 unspecified atom stereocenters. The second-order valence-electron chi connectivity index (χ2n) is 4.33. The summed E-state index contributed by atoms with van der Waals surface area (Å²) in [7, 11) is -3.39. The van der Waals surface area contributed by atoms with E-state index in [1.807, 2.05) is 0 Å². The van der Waals surface area contributed by atoms with Crippen LogP contribution in [0.2, 0.25) is 0 Å². The monoisotopic (exact) mass is 391 g/mol. The average Bonchev–Trinajstić information content (AvgIpc) is 2.44. The largest absolute Gasteiger partial charge is 0.453 e. The van der Waals surface area contributed by atoms with Gasteiger partial charge in [-0.2, -0.15) is 0 Å². The predicted octanol–water partition coefficient (Wildman–Crippen LogP) is 4.28. The minimum absolute atomic E-state index is 0.0519. The van der Waals surface area contributed by atoms with Crippen molar-refractivity contribution in [2.45, 2.75) is 6.92 Å². The van der Waals surface area contributed by atoms with E-state index in [1.165, 1.54) is 31.2 Å². The van der Waals surface area contributed by atoms with Crippen molar-refractivity contribution < 1.29 is 21.9 Å². The summed E-state index contributed by atoms with van der Waals surface area (Å²) < 4.78 is 57.5. The van der Waals surface area contributed by atoms with E-state index in [1.54, 1.807) is 0 Å². The van der Waals surface area contributed by atoms with E-state index >= 15 is 0 Å². The van der Waals surface area contributed by atoms with Gasteiger partial charge in [-0.05, 0) is 53.2 Å². The smallest absolute Gasteiger partial charge is 0.232 e. The number of rotatable bonds is 5. The van der Waals surface area contributed by atoms with Crippen LogP contribution in [0.4, 0.5) is 14.5 Å². The third kappa shape index (κ3) is 4.17. The maximum Gasteiger partial charge on any atom is 0.232 e. The Labute approximate surface area is 135 Å². The van der Waals surface area contributed by atoms with Gasteiger partial charge in [0.05, 0.1) is 10.2 Å². The van der Waals surface area contributed by atoms with Gasteiger partial charge in [-0.15, -0.1) is 0 Å². The van der Waals surface area contributed by atoms with Gasteiger partial charge in [0.25, 0.3) is 0 Å². The van der Waals surface area contributed by atoms with Gasteiger partial charge in [-0.3, -0.25) is 4.72 Å². The van der Waals surface area contributed by atoms with Crippen molar-refractivity contribution >= 4 is 31.6 Å². The molecule has 4 nitrogen and oxygen atoms in total. The number of hydrogen-bond acceptors (Lipinski definition) is 3. The summed E-state index contributed by atoms with van der Waals surface area (Å²) in [5, 5.41) is 0. The van der Waals surface area contributed by atoms with Crippen LogP contribution in [0.1, 0.15) is 6.92 Å². The van der Waals surface area contributed by atoms with Crippen molar-refractivity contribution in [3.8, 4) is 11.5 Å². The van der Waals surface area contributed by atoms with Crippen LogP contribution in [-0.2, 0) is 10.0 Å². The Kier molecular flexibility index (Phi) is 5.02. The van der Waals surface area contributed by atoms with Crippen LogP contribution in [-0.4, -0.2) is 14.2 Å². The quantitative estimate of drug-likeness (QED) is 0.827. The summed E-state index contributed by atoms with van der Waals surface area (Å²) in [5.74, 6) is -1.45. The van der Waals surface area contributed by atoms with Gasteiger partial charge in [0.1, 0.15) is 11.6 Å². The molecule has 0 amide bonds. The van der Waals surface area contributed by atoms with Gasteiger partial charge in [0.2, 0.25) is 10.0 Å². The Morgan fingerprint density at radius 2 is 1.82 bits per heavy atom. The number of halogens is 3. The summed E-state index contributed by atoms with van der Waals surface area (Å²) in [4.78, 5) is 0. The third-order valence-corrected chi connectivity index (χ3v) is 4.63. The molecule has 0 saturated carbocycles. The first-order chi connectivity index (χ1) is 10.3. The van der Waals surface area contributed by atoms with Crippen LogP contribution in [0, 0.1) is 11.6 Å². The molecule has 0 aliphatic heterocycles. The maximum absolute atomic E-state index is 13.5. The summed E-state index contributed by atoms with van der Waals surface area (Å²) in [6.07, 6.45) is 0. The molecule has 0 aromatic heterocycles. The van der Waals surface area contributed by atoms with Gasteiger partial charge >= 0.3 is 0 Å². The SMILES string of the molecule is CCS(=O)(=O)Nc1ccc(Oc2ccc(F)cc2F)c(Br)c1. The molecule has 0 radical (unpaired) electrons. The Bertz CT molecular complexity index is 797. The number of anilines is 1. The van der Waals surface area contributed by atoms with Crippen molar-refractivity contribution in [3.05, 3.63) is 52.5 Å². The number of sulfonamides is 1. The molecule has 0 aliphatic rings. The van der Waals surface area contributed by atoms with Crippen molar-refractivity contribution in [2.75, 3.05) is 10.5 Å². The van der Waals surface area contributed by atoms with E-state index in [0.717, 1.165) is 6.07 Å². The second kappa shape index (κ2) is 6.62. The molecule has 2 rings (SSSR count). The lowest BCUT2D eigenvalue weighted by atomic mass is 10.3. The zero-order valence-electron chi connectivity index (χ0n) is 11.4. The van der Waals surface area contributed by atoms with Crippen molar-refractivity contribution in [1.82, 2.24) is 0 Å². The summed E-state index contributed by atoms with van der Waals surface area (Å²) in [6.45, 7) is 1.52. The molecule has 22 heavy (non-hydrogen) atoms. The average molecular weight is 392 g/mol. The zero-order chi connectivity index (χ0) is 16.3. The fourth-order valence-corrected chi connectivity index (χ4v) is 2.67. The molecular weight excluding hydrogens is 380 g/mol. The first-order valence-corrected chi connectivity index (χ1v) is 8.68. The number of nitrogens with one attached hydrogen (secondary N) is 1. The van der Waals surface area contributed by atoms with Crippen LogP contribution < -0.4 is 9.46 Å². The molecule has 0 bridgehead atoms. The molecule has 2 aromatic carbocycles. The molecule has 0 saturated heterocycles. The van der Waals surface area contributed by atoms with E-state index in [2.05, 4.69) is 20.7 Å². The van der Waals surface area contributed by atoms with E-state index < -0.39 is 21.7 Å². The first-order valence-electron chi connectivity index (χ1n) is 6.23. The Morgan fingerprint density at radius 3 is 2.41 bits per heavy atom. The van der Waals surface area contributed by atoms with Gasteiger partial charge in [-0.1, -0.05) is 0 Å². The number of ether oxygens (including phenoxy) is 1. The summed E-state index contributed by atoms with van der Waals surface area (Å²) >= 11 is 3.22. The first kappa shape index (κ1) is 16.7. The fraction of sp³-hybridized carbons (Fsp3) is 0.143. The highest BCUT2D eigenvalue weighted by Crippen LogP contribution is 2.33. The van der Waals surface area contributed by atoms with Crippen LogP contribution in [0.25, 0.3) is 0 Å². The summed E-state index contributed by atoms with van der Waals surface area (Å²) in [5.41, 5.74) is 0.348. The Morgan fingerprint density at radius 1 is 1.14 bits per heavy atom. The standard InChI is InChI=1S/C14H12BrF2NO3S/c1-2-22(19,20)18-10-4-6-13(11(15)8-10)21-14-5-3-9(16)7-12(14)17/h3-8,18H,2H2,1H3. The topological polar surface area (TPSA) is 55.4 Å². The van der Waals surface area contributed by atoms with Gasteiger partial charge in [0, 0.05) is 11.8 Å². The van der Waals surface area contributed by atoms with E-state index in [0.29, 0.717) is 16.2 Å². The van der Waals surface area contributed by atoms with Crippen LogP contribution in [0.5, 0.6) is 11.5 Å². The second-order valence-corrected chi connectivity index (χ2v) is 7.19. The Hall–Kier alpha value is -1.67. The Balaban J connectivity index is 2.23. The van der Waals surface area contributed by atoms with Crippen molar-refractivity contribution in [1.29, 1.82) is 0 Å². The van der Waals surface area contributed by atoms with E-state index in [4.69, 9.17) is 4.74 Å². The highest BCUT2D eigenvalue weighted by molar-refractivity contribution is 9.10. The minimum Gasteiger partial charge on any atom is -0.453 e. The zero-order valence-corrected chi connectivity index (χ0v) is 13.8. The molecule has 2 aromatic rings. The fourth-order valence-electron chi connectivity index (χ4n) is 1.58. The molecule has 0 fully saturated rings. The lowest BCUT2D eigenvalue weighted by Gasteiger charge is -2.11. The minimum atomic E-state index is -3.39. The predicted molar refractivity (Wildman–Crippen MR) is 83.7 cm³/mol. The molecule has 0 atom stereocenters. The number of hydrogen-bond donors (Lipinski definition) is 1. The molecule has 118 valence electrons. The number of benzene rings is 2. The molecular formula is C14H12BrF2NO3S. The summed E-state index contributed by atoms with van der Waals surface area (Å²) in [6, 6.07) is 7.41. The molecule has 0 aliphatic carbocycles. The lowest BCUT2D eigenvalue weighted by molar-refractivity contribution is 0.435. The normalized spacial score (nSPS) is 11.3.